The fourth-order valence-electron chi connectivity index (χ4n) is 1.26. The Morgan fingerprint density at radius 2 is 2.00 bits per heavy atom. The smallest absolute Gasteiger partial charge is 0.229 e. The average molecular weight is 377 g/mol. The van der Waals surface area contributed by atoms with Gasteiger partial charge in [-0.1, -0.05) is 0 Å². The zero-order chi connectivity index (χ0) is 14.0. The molecule has 1 aromatic rings. The van der Waals surface area contributed by atoms with Crippen LogP contribution in [0.4, 0.5) is 0 Å². The molecule has 0 atom stereocenters. The molecule has 0 fully saturated rings. The molecule has 0 aliphatic carbocycles. The summed E-state index contributed by atoms with van der Waals surface area (Å²) in [6.07, 6.45) is 0.141. The van der Waals surface area contributed by atoms with Crippen molar-refractivity contribution in [3.63, 3.8) is 0 Å². The molecule has 0 amide bonds. The predicted molar refractivity (Wildman–Crippen MR) is 74.5 cm³/mol. The first-order chi connectivity index (χ1) is 8.12. The van der Waals surface area contributed by atoms with E-state index in [1.165, 1.54) is 17.4 Å². The molecule has 0 aliphatic rings. The minimum atomic E-state index is -3.59. The minimum absolute atomic E-state index is 0.0334. The van der Waals surface area contributed by atoms with Gasteiger partial charge in [0, 0.05) is 11.4 Å². The van der Waals surface area contributed by atoms with Gasteiger partial charge in [0.05, 0.1) is 14.4 Å². The summed E-state index contributed by atoms with van der Waals surface area (Å²) in [6, 6.07) is 1.52. The molecule has 104 valence electrons. The Bertz CT molecular complexity index is 621. The standard InChI is InChI=1S/C8H13BrN2O4S3/c1-6-7(5-8(9)16-6)18(14,15)11-3-2-4-17(10,12)13/h5,11H,2-4H2,1H3,(H2,10,12,13). The Morgan fingerprint density at radius 3 is 2.44 bits per heavy atom. The molecule has 0 radical (unpaired) electrons. The molecule has 6 nitrogen and oxygen atoms in total. The summed E-state index contributed by atoms with van der Waals surface area (Å²) < 4.78 is 48.2. The molecule has 3 N–H and O–H groups in total. The Labute approximate surface area is 119 Å². The normalized spacial score (nSPS) is 12.8. The quantitative estimate of drug-likeness (QED) is 0.715. The van der Waals surface area contributed by atoms with Crippen LogP contribution in [0.5, 0.6) is 0 Å². The van der Waals surface area contributed by atoms with Gasteiger partial charge in [0.25, 0.3) is 0 Å². The number of hydrogen-bond acceptors (Lipinski definition) is 5. The summed E-state index contributed by atoms with van der Waals surface area (Å²) in [5, 5.41) is 4.81. The molecule has 1 aromatic heterocycles. The summed E-state index contributed by atoms with van der Waals surface area (Å²) in [5.74, 6) is -0.248. The van der Waals surface area contributed by atoms with Crippen LogP contribution in [0.15, 0.2) is 14.7 Å². The lowest BCUT2D eigenvalue weighted by Gasteiger charge is -2.05. The van der Waals surface area contributed by atoms with Crippen LogP contribution in [0.25, 0.3) is 0 Å². The third-order valence-electron chi connectivity index (χ3n) is 2.03. The number of primary sulfonamides is 1. The van der Waals surface area contributed by atoms with Gasteiger partial charge < -0.3 is 0 Å². The predicted octanol–water partition coefficient (Wildman–Crippen LogP) is 0.776. The van der Waals surface area contributed by atoms with E-state index >= 15 is 0 Å². The lowest BCUT2D eigenvalue weighted by Crippen LogP contribution is -2.27. The average Bonchev–Trinajstić information content (AvgIpc) is 2.52. The van der Waals surface area contributed by atoms with Crippen LogP contribution in [-0.2, 0) is 20.0 Å². The molecule has 1 rings (SSSR count). The molecule has 10 heteroatoms. The van der Waals surface area contributed by atoms with E-state index in [4.69, 9.17) is 5.14 Å². The first kappa shape index (κ1) is 16.1. The summed E-state index contributed by atoms with van der Waals surface area (Å²) in [6.45, 7) is 1.74. The maximum atomic E-state index is 11.9. The number of nitrogens with two attached hydrogens (primary N) is 1. The van der Waals surface area contributed by atoms with Gasteiger partial charge in [0.15, 0.2) is 0 Å². The monoisotopic (exact) mass is 376 g/mol. The maximum Gasteiger partial charge on any atom is 0.241 e. The van der Waals surface area contributed by atoms with Crippen molar-refractivity contribution in [3.8, 4) is 0 Å². The second kappa shape index (κ2) is 5.97. The highest BCUT2D eigenvalue weighted by Crippen LogP contribution is 2.29. The topological polar surface area (TPSA) is 106 Å². The summed E-state index contributed by atoms with van der Waals surface area (Å²) in [7, 11) is -7.14. The van der Waals surface area contributed by atoms with Gasteiger partial charge in [-0.15, -0.1) is 11.3 Å². The molecule has 18 heavy (non-hydrogen) atoms. The van der Waals surface area contributed by atoms with Crippen LogP contribution >= 0.6 is 27.3 Å². The molecular formula is C8H13BrN2O4S3. The van der Waals surface area contributed by atoms with Crippen LogP contribution in [0.1, 0.15) is 11.3 Å². The molecular weight excluding hydrogens is 364 g/mol. The van der Waals surface area contributed by atoms with Crippen LogP contribution in [0.2, 0.25) is 0 Å². The van der Waals surface area contributed by atoms with Crippen LogP contribution in [0, 0.1) is 6.92 Å². The van der Waals surface area contributed by atoms with E-state index in [-0.39, 0.29) is 23.6 Å². The fraction of sp³-hybridized carbons (Fsp3) is 0.500. The van der Waals surface area contributed by atoms with Gasteiger partial charge in [-0.05, 0) is 35.3 Å². The zero-order valence-electron chi connectivity index (χ0n) is 9.51. The van der Waals surface area contributed by atoms with Crippen molar-refractivity contribution < 1.29 is 16.8 Å². The van der Waals surface area contributed by atoms with Gasteiger partial charge in [-0.3, -0.25) is 0 Å². The number of halogens is 1. The fourth-order valence-corrected chi connectivity index (χ4v) is 5.29. The van der Waals surface area contributed by atoms with Crippen molar-refractivity contribution in [2.45, 2.75) is 18.2 Å². The summed E-state index contributed by atoms with van der Waals surface area (Å²) in [5.41, 5.74) is 0. The molecule has 1 heterocycles. The van der Waals surface area contributed by atoms with Gasteiger partial charge >= 0.3 is 0 Å². The van der Waals surface area contributed by atoms with Crippen molar-refractivity contribution in [2.24, 2.45) is 5.14 Å². The number of sulfonamides is 2. The number of rotatable bonds is 6. The highest BCUT2D eigenvalue weighted by atomic mass is 79.9. The Morgan fingerprint density at radius 1 is 1.39 bits per heavy atom. The Balaban J connectivity index is 2.64. The zero-order valence-corrected chi connectivity index (χ0v) is 13.5. The van der Waals surface area contributed by atoms with Crippen molar-refractivity contribution in [2.75, 3.05) is 12.3 Å². The summed E-state index contributed by atoms with van der Waals surface area (Å²) in [4.78, 5) is 0.871. The van der Waals surface area contributed by atoms with Gasteiger partial charge in [0.2, 0.25) is 20.0 Å². The molecule has 0 unspecified atom stereocenters. The van der Waals surface area contributed by atoms with Crippen molar-refractivity contribution in [1.29, 1.82) is 0 Å². The van der Waals surface area contributed by atoms with E-state index in [1.807, 2.05) is 0 Å². The van der Waals surface area contributed by atoms with Crippen LogP contribution in [0.3, 0.4) is 0 Å². The second-order valence-electron chi connectivity index (χ2n) is 3.59. The van der Waals surface area contributed by atoms with E-state index < -0.39 is 20.0 Å². The summed E-state index contributed by atoms with van der Waals surface area (Å²) >= 11 is 4.54. The molecule has 0 bridgehead atoms. The van der Waals surface area contributed by atoms with Crippen molar-refractivity contribution in [3.05, 3.63) is 14.7 Å². The van der Waals surface area contributed by atoms with E-state index in [9.17, 15) is 16.8 Å². The largest absolute Gasteiger partial charge is 0.241 e. The van der Waals surface area contributed by atoms with E-state index in [2.05, 4.69) is 20.7 Å². The van der Waals surface area contributed by atoms with E-state index in [0.29, 0.717) is 4.88 Å². The van der Waals surface area contributed by atoms with Crippen molar-refractivity contribution >= 4 is 47.3 Å². The van der Waals surface area contributed by atoms with Crippen molar-refractivity contribution in [1.82, 2.24) is 4.72 Å². The van der Waals surface area contributed by atoms with Gasteiger partial charge in [-0.25, -0.2) is 26.7 Å². The molecule has 0 spiro atoms. The first-order valence-electron chi connectivity index (χ1n) is 4.88. The van der Waals surface area contributed by atoms with Gasteiger partial charge in [0.1, 0.15) is 0 Å². The number of nitrogens with one attached hydrogen (secondary N) is 1. The maximum absolute atomic E-state index is 11.9. The number of hydrogen-bond donors (Lipinski definition) is 2. The lowest BCUT2D eigenvalue weighted by atomic mass is 10.5. The Kier molecular flexibility index (Phi) is 5.32. The SMILES string of the molecule is Cc1sc(Br)cc1S(=O)(=O)NCCCS(N)(=O)=O. The van der Waals surface area contributed by atoms with Gasteiger partial charge in [-0.2, -0.15) is 0 Å². The second-order valence-corrected chi connectivity index (χ2v) is 9.69. The highest BCUT2D eigenvalue weighted by molar-refractivity contribution is 9.11. The third-order valence-corrected chi connectivity index (χ3v) is 6.16. The number of aryl methyl sites for hydroxylation is 1. The third kappa shape index (κ3) is 4.94. The molecule has 0 aromatic carbocycles. The Hall–Kier alpha value is -0.000000000000000167. The van der Waals surface area contributed by atoms with Crippen LogP contribution in [-0.4, -0.2) is 29.1 Å². The molecule has 0 aliphatic heterocycles. The lowest BCUT2D eigenvalue weighted by molar-refractivity contribution is 0.576. The molecule has 0 saturated heterocycles. The van der Waals surface area contributed by atoms with Crippen LogP contribution < -0.4 is 9.86 Å². The van der Waals surface area contributed by atoms with E-state index in [1.54, 1.807) is 6.92 Å². The first-order valence-corrected chi connectivity index (χ1v) is 9.69. The minimum Gasteiger partial charge on any atom is -0.229 e. The molecule has 0 saturated carbocycles. The number of thiophene rings is 1. The highest BCUT2D eigenvalue weighted by Gasteiger charge is 2.19. The van der Waals surface area contributed by atoms with E-state index in [0.717, 1.165) is 3.79 Å².